The van der Waals surface area contributed by atoms with E-state index in [4.69, 9.17) is 10.5 Å². The fourth-order valence-electron chi connectivity index (χ4n) is 1.29. The molecule has 1 aromatic rings. The highest BCUT2D eigenvalue weighted by atomic mass is 16.6. The molecule has 0 radical (unpaired) electrons. The maximum Gasteiger partial charge on any atom is 0.419 e. The summed E-state index contributed by atoms with van der Waals surface area (Å²) in [5, 5.41) is 2.40. The van der Waals surface area contributed by atoms with Crippen LogP contribution in [0, 0.1) is 0 Å². The topological polar surface area (TPSA) is 90.1 Å². The van der Waals surface area contributed by atoms with Crippen LogP contribution >= 0.6 is 0 Å². The number of carbonyl (C=O) groups is 1. The highest BCUT2D eigenvalue weighted by Crippen LogP contribution is 2.11. The SMILES string of the molecule is Nc1cnc(NC(=O)OC2=CCCC=C2)nc1. The van der Waals surface area contributed by atoms with Crippen molar-refractivity contribution in [2.24, 2.45) is 0 Å². The van der Waals surface area contributed by atoms with Crippen molar-refractivity contribution >= 4 is 17.7 Å². The number of nitrogens with one attached hydrogen (secondary N) is 1. The zero-order chi connectivity index (χ0) is 12.1. The van der Waals surface area contributed by atoms with Gasteiger partial charge in [0.1, 0.15) is 5.76 Å². The number of nitrogens with zero attached hydrogens (tertiary/aromatic N) is 2. The third kappa shape index (κ3) is 3.30. The van der Waals surface area contributed by atoms with Crippen LogP contribution < -0.4 is 11.1 Å². The van der Waals surface area contributed by atoms with Crippen LogP contribution in [-0.4, -0.2) is 16.1 Å². The molecule has 1 heterocycles. The quantitative estimate of drug-likeness (QED) is 0.811. The lowest BCUT2D eigenvalue weighted by molar-refractivity contribution is 0.194. The Kier molecular flexibility index (Phi) is 3.34. The summed E-state index contributed by atoms with van der Waals surface area (Å²) in [6, 6.07) is 0. The number of hydrogen-bond donors (Lipinski definition) is 2. The number of allylic oxidation sites excluding steroid dienone is 3. The smallest absolute Gasteiger partial charge is 0.410 e. The number of anilines is 2. The van der Waals surface area contributed by atoms with Gasteiger partial charge in [0.25, 0.3) is 0 Å². The third-order valence-electron chi connectivity index (χ3n) is 2.06. The van der Waals surface area contributed by atoms with Crippen LogP contribution in [0.1, 0.15) is 12.8 Å². The number of rotatable bonds is 2. The Balaban J connectivity index is 1.91. The van der Waals surface area contributed by atoms with Crippen LogP contribution in [0.3, 0.4) is 0 Å². The molecule has 6 nitrogen and oxygen atoms in total. The molecule has 0 bridgehead atoms. The molecule has 0 atom stereocenters. The molecule has 0 fully saturated rings. The number of nitrogens with two attached hydrogens (primary N) is 1. The van der Waals surface area contributed by atoms with Crippen molar-refractivity contribution in [1.29, 1.82) is 0 Å². The molecule has 1 aliphatic rings. The van der Waals surface area contributed by atoms with Crippen LogP contribution in [0.15, 0.2) is 36.4 Å². The summed E-state index contributed by atoms with van der Waals surface area (Å²) in [6.07, 6.45) is 9.59. The van der Waals surface area contributed by atoms with Crippen molar-refractivity contribution in [1.82, 2.24) is 9.97 Å². The summed E-state index contributed by atoms with van der Waals surface area (Å²) in [7, 11) is 0. The maximum atomic E-state index is 11.4. The monoisotopic (exact) mass is 232 g/mol. The molecule has 1 aliphatic carbocycles. The molecule has 0 saturated heterocycles. The molecular formula is C11H12N4O2. The lowest BCUT2D eigenvalue weighted by Crippen LogP contribution is -2.15. The van der Waals surface area contributed by atoms with Gasteiger partial charge in [-0.25, -0.2) is 14.8 Å². The Bertz CT molecular complexity index is 465. The van der Waals surface area contributed by atoms with E-state index in [1.54, 1.807) is 6.08 Å². The first-order chi connectivity index (χ1) is 8.24. The van der Waals surface area contributed by atoms with Gasteiger partial charge in [0.05, 0.1) is 18.1 Å². The van der Waals surface area contributed by atoms with E-state index >= 15 is 0 Å². The molecule has 88 valence electrons. The molecule has 0 saturated carbocycles. The Hall–Kier alpha value is -2.37. The van der Waals surface area contributed by atoms with Crippen molar-refractivity contribution in [3.05, 3.63) is 36.4 Å². The highest BCUT2D eigenvalue weighted by Gasteiger charge is 2.08. The lowest BCUT2D eigenvalue weighted by Gasteiger charge is -2.08. The summed E-state index contributed by atoms with van der Waals surface area (Å²) in [6.45, 7) is 0. The maximum absolute atomic E-state index is 11.4. The zero-order valence-corrected chi connectivity index (χ0v) is 9.09. The van der Waals surface area contributed by atoms with Gasteiger partial charge in [-0.05, 0) is 25.0 Å². The number of aromatic nitrogens is 2. The fraction of sp³-hybridized carbons (Fsp3) is 0.182. The Labute approximate surface area is 98.2 Å². The van der Waals surface area contributed by atoms with E-state index < -0.39 is 6.09 Å². The van der Waals surface area contributed by atoms with Crippen molar-refractivity contribution in [2.45, 2.75) is 12.8 Å². The molecule has 0 spiro atoms. The van der Waals surface area contributed by atoms with Gasteiger partial charge in [-0.1, -0.05) is 6.08 Å². The van der Waals surface area contributed by atoms with Gasteiger partial charge in [-0.3, -0.25) is 5.32 Å². The minimum Gasteiger partial charge on any atom is -0.410 e. The van der Waals surface area contributed by atoms with Gasteiger partial charge in [0.15, 0.2) is 0 Å². The van der Waals surface area contributed by atoms with Crippen molar-refractivity contribution in [2.75, 3.05) is 11.1 Å². The van der Waals surface area contributed by atoms with E-state index in [1.807, 2.05) is 12.2 Å². The van der Waals surface area contributed by atoms with E-state index in [-0.39, 0.29) is 5.95 Å². The van der Waals surface area contributed by atoms with Crippen molar-refractivity contribution in [3.8, 4) is 0 Å². The summed E-state index contributed by atoms with van der Waals surface area (Å²) < 4.78 is 5.04. The van der Waals surface area contributed by atoms with Crippen LogP contribution in [-0.2, 0) is 4.74 Å². The predicted octanol–water partition coefficient (Wildman–Crippen LogP) is 1.84. The fourth-order valence-corrected chi connectivity index (χ4v) is 1.29. The normalized spacial score (nSPS) is 14.0. The van der Waals surface area contributed by atoms with Crippen molar-refractivity contribution in [3.63, 3.8) is 0 Å². The Morgan fingerprint density at radius 1 is 1.35 bits per heavy atom. The molecule has 0 unspecified atom stereocenters. The van der Waals surface area contributed by atoms with E-state index in [0.717, 1.165) is 12.8 Å². The largest absolute Gasteiger partial charge is 0.419 e. The van der Waals surface area contributed by atoms with Gasteiger partial charge in [0, 0.05) is 0 Å². The average Bonchev–Trinajstić information content (AvgIpc) is 2.33. The first kappa shape index (κ1) is 11.1. The number of carbonyl (C=O) groups excluding carboxylic acids is 1. The second-order valence-corrected chi connectivity index (χ2v) is 3.44. The first-order valence-electron chi connectivity index (χ1n) is 5.17. The van der Waals surface area contributed by atoms with Gasteiger partial charge in [0.2, 0.25) is 5.95 Å². The molecule has 0 aromatic carbocycles. The van der Waals surface area contributed by atoms with Crippen LogP contribution in [0.25, 0.3) is 0 Å². The summed E-state index contributed by atoms with van der Waals surface area (Å²) >= 11 is 0. The zero-order valence-electron chi connectivity index (χ0n) is 9.09. The standard InChI is InChI=1S/C11H12N4O2/c12-8-6-13-10(14-7-8)15-11(16)17-9-4-2-1-3-5-9/h2,4-7H,1,3,12H2,(H,13,14,15,16). The number of ether oxygens (including phenoxy) is 1. The molecule has 0 aliphatic heterocycles. The third-order valence-corrected chi connectivity index (χ3v) is 2.06. The predicted molar refractivity (Wildman–Crippen MR) is 63.0 cm³/mol. The summed E-state index contributed by atoms with van der Waals surface area (Å²) in [5.74, 6) is 0.689. The molecule has 1 aromatic heterocycles. The van der Waals surface area contributed by atoms with E-state index in [0.29, 0.717) is 11.4 Å². The molecule has 6 heteroatoms. The molecule has 3 N–H and O–H groups in total. The number of nitrogen functional groups attached to an aromatic ring is 1. The van der Waals surface area contributed by atoms with Crippen LogP contribution in [0.2, 0.25) is 0 Å². The van der Waals surface area contributed by atoms with Gasteiger partial charge in [-0.2, -0.15) is 0 Å². The summed E-state index contributed by atoms with van der Waals surface area (Å²) in [5.41, 5.74) is 5.85. The Morgan fingerprint density at radius 3 is 2.76 bits per heavy atom. The lowest BCUT2D eigenvalue weighted by atomic mass is 10.2. The highest BCUT2D eigenvalue weighted by molar-refractivity contribution is 5.83. The first-order valence-corrected chi connectivity index (χ1v) is 5.17. The number of amides is 1. The Morgan fingerprint density at radius 2 is 2.12 bits per heavy atom. The number of hydrogen-bond acceptors (Lipinski definition) is 5. The van der Waals surface area contributed by atoms with Crippen LogP contribution in [0.4, 0.5) is 16.4 Å². The van der Waals surface area contributed by atoms with E-state index in [1.165, 1.54) is 12.4 Å². The van der Waals surface area contributed by atoms with Crippen molar-refractivity contribution < 1.29 is 9.53 Å². The minimum absolute atomic E-state index is 0.157. The average molecular weight is 232 g/mol. The van der Waals surface area contributed by atoms with E-state index in [9.17, 15) is 4.79 Å². The minimum atomic E-state index is -0.618. The molecular weight excluding hydrogens is 220 g/mol. The second-order valence-electron chi connectivity index (χ2n) is 3.44. The molecule has 17 heavy (non-hydrogen) atoms. The molecule has 2 rings (SSSR count). The molecule has 1 amide bonds. The van der Waals surface area contributed by atoms with Gasteiger partial charge < -0.3 is 10.5 Å². The van der Waals surface area contributed by atoms with Gasteiger partial charge in [-0.15, -0.1) is 0 Å². The summed E-state index contributed by atoms with van der Waals surface area (Å²) in [4.78, 5) is 19.1. The second kappa shape index (κ2) is 5.11. The van der Waals surface area contributed by atoms with Gasteiger partial charge >= 0.3 is 6.09 Å². The van der Waals surface area contributed by atoms with E-state index in [2.05, 4.69) is 15.3 Å². The van der Waals surface area contributed by atoms with Crippen LogP contribution in [0.5, 0.6) is 0 Å².